The Labute approximate surface area is 128 Å². The third-order valence-corrected chi connectivity index (χ3v) is 3.29. The molecule has 0 saturated heterocycles. The summed E-state index contributed by atoms with van der Waals surface area (Å²) in [6, 6.07) is 4.91. The lowest BCUT2D eigenvalue weighted by molar-refractivity contribution is -0.206. The first-order valence-electron chi connectivity index (χ1n) is 7.41. The van der Waals surface area contributed by atoms with Gasteiger partial charge in [0.25, 0.3) is 0 Å². The van der Waals surface area contributed by atoms with E-state index in [2.05, 4.69) is 4.74 Å². The van der Waals surface area contributed by atoms with Crippen molar-refractivity contribution >= 4 is 5.97 Å². The van der Waals surface area contributed by atoms with Crippen molar-refractivity contribution in [3.8, 4) is 5.75 Å². The molecule has 0 amide bonds. The number of phenolic OH excluding ortho intramolecular Hbond substituents is 1. The average molecular weight is 318 g/mol. The molecule has 1 aromatic rings. The maximum atomic E-state index is 12.9. The number of benzene rings is 1. The molecule has 1 atom stereocenters. The van der Waals surface area contributed by atoms with E-state index in [1.54, 1.807) is 0 Å². The first kappa shape index (κ1) is 18.3. The summed E-state index contributed by atoms with van der Waals surface area (Å²) >= 11 is 0. The maximum absolute atomic E-state index is 12.9. The van der Waals surface area contributed by atoms with Crippen LogP contribution in [0.5, 0.6) is 5.75 Å². The summed E-state index contributed by atoms with van der Waals surface area (Å²) in [5, 5.41) is 9.10. The van der Waals surface area contributed by atoms with Crippen molar-refractivity contribution in [2.24, 2.45) is 0 Å². The predicted octanol–water partition coefficient (Wildman–Crippen LogP) is 4.84. The van der Waals surface area contributed by atoms with Gasteiger partial charge in [0.05, 0.1) is 5.56 Å². The lowest BCUT2D eigenvalue weighted by Crippen LogP contribution is -2.33. The van der Waals surface area contributed by atoms with Gasteiger partial charge in [0.2, 0.25) is 0 Å². The minimum Gasteiger partial charge on any atom is -0.508 e. The number of hydrogen-bond donors (Lipinski definition) is 1. The fourth-order valence-electron chi connectivity index (χ4n) is 2.02. The van der Waals surface area contributed by atoms with Gasteiger partial charge in [-0.2, -0.15) is 13.2 Å². The summed E-state index contributed by atoms with van der Waals surface area (Å²) in [4.78, 5) is 11.7. The molecule has 0 aromatic heterocycles. The number of hydrogen-bond acceptors (Lipinski definition) is 3. The van der Waals surface area contributed by atoms with Gasteiger partial charge in [-0.05, 0) is 37.1 Å². The molecule has 1 aromatic carbocycles. The minimum atomic E-state index is -4.57. The molecule has 1 rings (SSSR count). The van der Waals surface area contributed by atoms with E-state index in [-0.39, 0.29) is 17.7 Å². The van der Waals surface area contributed by atoms with E-state index in [0.29, 0.717) is 12.8 Å². The average Bonchev–Trinajstić information content (AvgIpc) is 2.45. The second-order valence-corrected chi connectivity index (χ2v) is 5.19. The van der Waals surface area contributed by atoms with Crippen molar-refractivity contribution in [2.75, 3.05) is 0 Å². The van der Waals surface area contributed by atoms with Crippen LogP contribution in [-0.2, 0) is 4.74 Å². The highest BCUT2D eigenvalue weighted by atomic mass is 19.4. The monoisotopic (exact) mass is 318 g/mol. The summed E-state index contributed by atoms with van der Waals surface area (Å²) in [6.07, 6.45) is -2.94. The smallest absolute Gasteiger partial charge is 0.425 e. The number of phenols is 1. The largest absolute Gasteiger partial charge is 0.508 e. The van der Waals surface area contributed by atoms with Crippen molar-refractivity contribution in [3.63, 3.8) is 0 Å². The highest BCUT2D eigenvalue weighted by Gasteiger charge is 2.42. The van der Waals surface area contributed by atoms with E-state index in [1.807, 2.05) is 6.92 Å². The Hall–Kier alpha value is -1.72. The Morgan fingerprint density at radius 1 is 1.14 bits per heavy atom. The third-order valence-electron chi connectivity index (χ3n) is 3.29. The van der Waals surface area contributed by atoms with E-state index in [4.69, 9.17) is 5.11 Å². The van der Waals surface area contributed by atoms with Crippen molar-refractivity contribution in [1.82, 2.24) is 0 Å². The second-order valence-electron chi connectivity index (χ2n) is 5.19. The predicted molar refractivity (Wildman–Crippen MR) is 76.7 cm³/mol. The molecule has 0 bridgehead atoms. The molecular formula is C16H21F3O3. The van der Waals surface area contributed by atoms with E-state index in [0.717, 1.165) is 19.3 Å². The lowest BCUT2D eigenvalue weighted by Gasteiger charge is -2.20. The van der Waals surface area contributed by atoms with E-state index < -0.39 is 18.2 Å². The Balaban J connectivity index is 2.57. The minimum absolute atomic E-state index is 0.0157. The van der Waals surface area contributed by atoms with Gasteiger partial charge < -0.3 is 9.84 Å². The van der Waals surface area contributed by atoms with Crippen molar-refractivity contribution in [2.45, 2.75) is 57.7 Å². The number of carbonyl (C=O) groups excluding carboxylic acids is 1. The van der Waals surface area contributed by atoms with Crippen LogP contribution in [0.3, 0.4) is 0 Å². The molecule has 0 saturated carbocycles. The van der Waals surface area contributed by atoms with Gasteiger partial charge in [-0.1, -0.05) is 32.6 Å². The number of esters is 1. The van der Waals surface area contributed by atoms with E-state index in [1.165, 1.54) is 24.3 Å². The number of halogens is 3. The highest BCUT2D eigenvalue weighted by molar-refractivity contribution is 5.89. The molecule has 0 spiro atoms. The zero-order valence-electron chi connectivity index (χ0n) is 12.5. The number of unbranched alkanes of at least 4 members (excludes halogenated alkanes) is 4. The normalized spacial score (nSPS) is 12.9. The van der Waals surface area contributed by atoms with Crippen LogP contribution in [0.2, 0.25) is 0 Å². The van der Waals surface area contributed by atoms with E-state index in [9.17, 15) is 18.0 Å². The zero-order chi connectivity index (χ0) is 16.6. The Bertz CT molecular complexity index is 455. The first-order valence-corrected chi connectivity index (χ1v) is 7.41. The molecule has 22 heavy (non-hydrogen) atoms. The van der Waals surface area contributed by atoms with Crippen LogP contribution in [0.1, 0.15) is 55.8 Å². The van der Waals surface area contributed by atoms with Gasteiger partial charge in [-0.3, -0.25) is 0 Å². The molecule has 0 radical (unpaired) electrons. The van der Waals surface area contributed by atoms with Crippen molar-refractivity contribution in [1.29, 1.82) is 0 Å². The Morgan fingerprint density at radius 2 is 1.73 bits per heavy atom. The molecule has 1 unspecified atom stereocenters. The fraction of sp³-hybridized carbons (Fsp3) is 0.562. The molecule has 124 valence electrons. The van der Waals surface area contributed by atoms with Gasteiger partial charge in [0.1, 0.15) is 5.75 Å². The van der Waals surface area contributed by atoms with Gasteiger partial charge in [-0.15, -0.1) is 0 Å². The molecule has 1 N–H and O–H groups in total. The van der Waals surface area contributed by atoms with Crippen LogP contribution >= 0.6 is 0 Å². The molecule has 0 aliphatic carbocycles. The Morgan fingerprint density at radius 3 is 2.27 bits per heavy atom. The second kappa shape index (κ2) is 8.66. The molecule has 3 nitrogen and oxygen atoms in total. The SMILES string of the molecule is CCCCCCCC(OC(=O)c1ccc(O)cc1)C(F)(F)F. The van der Waals surface area contributed by atoms with Crippen LogP contribution in [0.4, 0.5) is 13.2 Å². The molecule has 0 fully saturated rings. The molecule has 6 heteroatoms. The summed E-state index contributed by atoms with van der Waals surface area (Å²) in [5.74, 6) is -1.10. The van der Waals surface area contributed by atoms with Crippen molar-refractivity contribution < 1.29 is 27.8 Å². The number of carbonyl (C=O) groups is 1. The first-order chi connectivity index (χ1) is 10.3. The Kier molecular flexibility index (Phi) is 7.21. The topological polar surface area (TPSA) is 46.5 Å². The van der Waals surface area contributed by atoms with Crippen LogP contribution < -0.4 is 0 Å². The number of rotatable bonds is 8. The summed E-state index contributed by atoms with van der Waals surface area (Å²) < 4.78 is 43.4. The van der Waals surface area contributed by atoms with E-state index >= 15 is 0 Å². The molecular weight excluding hydrogens is 297 g/mol. The fourth-order valence-corrected chi connectivity index (χ4v) is 2.02. The van der Waals surface area contributed by atoms with Gasteiger partial charge in [0, 0.05) is 0 Å². The van der Waals surface area contributed by atoms with Crippen LogP contribution in [0, 0.1) is 0 Å². The molecule has 0 heterocycles. The maximum Gasteiger partial charge on any atom is 0.425 e. The quantitative estimate of drug-likeness (QED) is 0.551. The molecule has 0 aliphatic heterocycles. The summed E-state index contributed by atoms with van der Waals surface area (Å²) in [7, 11) is 0. The highest BCUT2D eigenvalue weighted by Crippen LogP contribution is 2.28. The van der Waals surface area contributed by atoms with Gasteiger partial charge in [-0.25, -0.2) is 4.79 Å². The van der Waals surface area contributed by atoms with Crippen LogP contribution in [-0.4, -0.2) is 23.4 Å². The third kappa shape index (κ3) is 6.37. The van der Waals surface area contributed by atoms with Crippen LogP contribution in [0.15, 0.2) is 24.3 Å². The number of alkyl halides is 3. The summed E-state index contributed by atoms with van der Waals surface area (Å²) in [5.41, 5.74) is -0.0157. The summed E-state index contributed by atoms with van der Waals surface area (Å²) in [6.45, 7) is 2.03. The zero-order valence-corrected chi connectivity index (χ0v) is 12.5. The van der Waals surface area contributed by atoms with Gasteiger partial charge in [0.15, 0.2) is 6.10 Å². The van der Waals surface area contributed by atoms with Gasteiger partial charge >= 0.3 is 12.1 Å². The number of aromatic hydroxyl groups is 1. The van der Waals surface area contributed by atoms with Crippen LogP contribution in [0.25, 0.3) is 0 Å². The number of ether oxygens (including phenoxy) is 1. The standard InChI is InChI=1S/C16H21F3O3/c1-2-3-4-5-6-7-14(16(17,18)19)22-15(21)12-8-10-13(20)11-9-12/h8-11,14,20H,2-7H2,1H3. The lowest BCUT2D eigenvalue weighted by atomic mass is 10.1. The van der Waals surface area contributed by atoms with Crippen molar-refractivity contribution in [3.05, 3.63) is 29.8 Å². The molecule has 0 aliphatic rings.